The Morgan fingerprint density at radius 3 is 2.96 bits per heavy atom. The summed E-state index contributed by atoms with van der Waals surface area (Å²) in [4.78, 5) is 5.22. The first-order chi connectivity index (χ1) is 11.3. The van der Waals surface area contributed by atoms with E-state index >= 15 is 0 Å². The van der Waals surface area contributed by atoms with Gasteiger partial charge in [0.1, 0.15) is 0 Å². The van der Waals surface area contributed by atoms with Crippen molar-refractivity contribution >= 4 is 0 Å². The van der Waals surface area contributed by atoms with Crippen LogP contribution in [0, 0.1) is 17.2 Å². The third-order valence-electron chi connectivity index (χ3n) is 5.44. The van der Waals surface area contributed by atoms with Crippen LogP contribution in [0.5, 0.6) is 0 Å². The predicted molar refractivity (Wildman–Crippen MR) is 88.9 cm³/mol. The van der Waals surface area contributed by atoms with Crippen LogP contribution >= 0.6 is 0 Å². The molecule has 122 valence electrons. The largest absolute Gasteiger partial charge is 0.375 e. The van der Waals surface area contributed by atoms with Gasteiger partial charge in [-0.05, 0) is 42.9 Å². The molecule has 0 N–H and O–H groups in total. The van der Waals surface area contributed by atoms with Crippen LogP contribution in [0.25, 0.3) is 0 Å². The van der Waals surface area contributed by atoms with Crippen molar-refractivity contribution in [2.75, 3.05) is 32.8 Å². The van der Waals surface area contributed by atoms with Crippen LogP contribution in [0.4, 0.5) is 0 Å². The van der Waals surface area contributed by atoms with E-state index in [4.69, 9.17) is 10.00 Å². The normalized spacial score (nSPS) is 29.0. The van der Waals surface area contributed by atoms with Gasteiger partial charge in [-0.1, -0.05) is 12.1 Å². The van der Waals surface area contributed by atoms with Crippen molar-refractivity contribution in [3.05, 3.63) is 35.4 Å². The molecule has 1 aromatic rings. The molecule has 4 nitrogen and oxygen atoms in total. The molecule has 0 bridgehead atoms. The average Bonchev–Trinajstić information content (AvgIpc) is 3.40. The van der Waals surface area contributed by atoms with Gasteiger partial charge in [-0.3, -0.25) is 9.80 Å². The van der Waals surface area contributed by atoms with Crippen LogP contribution in [0.15, 0.2) is 24.3 Å². The van der Waals surface area contributed by atoms with Gasteiger partial charge in [-0.25, -0.2) is 0 Å². The number of benzene rings is 1. The Morgan fingerprint density at radius 1 is 1.22 bits per heavy atom. The number of hydrogen-bond donors (Lipinski definition) is 0. The van der Waals surface area contributed by atoms with Crippen molar-refractivity contribution in [2.24, 2.45) is 5.92 Å². The molecule has 2 saturated heterocycles. The Kier molecular flexibility index (Phi) is 4.35. The molecule has 4 rings (SSSR count). The second-order valence-electron chi connectivity index (χ2n) is 7.25. The highest BCUT2D eigenvalue weighted by atomic mass is 16.5. The highest BCUT2D eigenvalue weighted by Crippen LogP contribution is 2.33. The van der Waals surface area contributed by atoms with Crippen molar-refractivity contribution in [1.82, 2.24) is 9.80 Å². The smallest absolute Gasteiger partial charge is 0.0991 e. The minimum Gasteiger partial charge on any atom is -0.375 e. The number of piperidine rings is 1. The number of nitriles is 1. The lowest BCUT2D eigenvalue weighted by molar-refractivity contribution is -0.105. The molecule has 1 aromatic carbocycles. The van der Waals surface area contributed by atoms with Crippen LogP contribution in [-0.4, -0.2) is 54.7 Å². The van der Waals surface area contributed by atoms with E-state index in [2.05, 4.69) is 21.9 Å². The maximum absolute atomic E-state index is 9.06. The number of hydrogen-bond acceptors (Lipinski definition) is 4. The number of ether oxygens (including phenoxy) is 1. The van der Waals surface area contributed by atoms with E-state index in [-0.39, 0.29) is 0 Å². The molecule has 23 heavy (non-hydrogen) atoms. The van der Waals surface area contributed by atoms with E-state index in [0.717, 1.165) is 50.7 Å². The van der Waals surface area contributed by atoms with Crippen molar-refractivity contribution in [2.45, 2.75) is 38.0 Å². The Labute approximate surface area is 138 Å². The minimum atomic E-state index is 0.421. The van der Waals surface area contributed by atoms with Crippen LogP contribution in [0.1, 0.15) is 30.4 Å². The number of nitrogens with zero attached hydrogens (tertiary/aromatic N) is 3. The number of likely N-dealkylation sites (tertiary alicyclic amines) is 1. The topological polar surface area (TPSA) is 39.5 Å². The number of fused-ring (bicyclic) bond motifs is 1. The monoisotopic (exact) mass is 311 g/mol. The third kappa shape index (κ3) is 3.58. The quantitative estimate of drug-likeness (QED) is 0.855. The highest BCUT2D eigenvalue weighted by molar-refractivity contribution is 5.32. The number of rotatable bonds is 4. The van der Waals surface area contributed by atoms with Crippen LogP contribution in [0.3, 0.4) is 0 Å². The fourth-order valence-electron chi connectivity index (χ4n) is 4.01. The minimum absolute atomic E-state index is 0.421. The summed E-state index contributed by atoms with van der Waals surface area (Å²) in [6.07, 6.45) is 4.38. The SMILES string of the molecule is N#Cc1cccc(CN2CC[C@H]3OCCN(CC4CC4)[C@@H]3C2)c1. The summed E-state index contributed by atoms with van der Waals surface area (Å²) in [5.41, 5.74) is 2.00. The zero-order chi connectivity index (χ0) is 15.6. The van der Waals surface area contributed by atoms with Crippen LogP contribution < -0.4 is 0 Å². The van der Waals surface area contributed by atoms with E-state index in [0.29, 0.717) is 12.1 Å². The Hall–Kier alpha value is -1.41. The summed E-state index contributed by atoms with van der Waals surface area (Å²) in [5.74, 6) is 0.941. The van der Waals surface area contributed by atoms with E-state index in [1.165, 1.54) is 24.9 Å². The van der Waals surface area contributed by atoms with E-state index in [9.17, 15) is 0 Å². The first-order valence-electron chi connectivity index (χ1n) is 8.89. The van der Waals surface area contributed by atoms with Gasteiger partial charge in [0.05, 0.1) is 24.3 Å². The predicted octanol–water partition coefficient (Wildman–Crippen LogP) is 2.24. The van der Waals surface area contributed by atoms with E-state index in [1.807, 2.05) is 18.2 Å². The van der Waals surface area contributed by atoms with E-state index in [1.54, 1.807) is 0 Å². The van der Waals surface area contributed by atoms with Gasteiger partial charge >= 0.3 is 0 Å². The third-order valence-corrected chi connectivity index (χ3v) is 5.44. The molecule has 2 heterocycles. The molecule has 2 atom stereocenters. The Balaban J connectivity index is 1.41. The fraction of sp³-hybridized carbons (Fsp3) is 0.632. The highest BCUT2D eigenvalue weighted by Gasteiger charge is 2.38. The average molecular weight is 311 g/mol. The second-order valence-corrected chi connectivity index (χ2v) is 7.25. The first-order valence-corrected chi connectivity index (χ1v) is 8.89. The molecule has 1 saturated carbocycles. The molecule has 3 fully saturated rings. The van der Waals surface area contributed by atoms with Gasteiger partial charge < -0.3 is 4.74 Å². The molecular formula is C19H25N3O. The van der Waals surface area contributed by atoms with Crippen molar-refractivity contribution in [3.8, 4) is 6.07 Å². The molecule has 4 heteroatoms. The molecular weight excluding hydrogens is 286 g/mol. The first kappa shape index (κ1) is 15.1. The van der Waals surface area contributed by atoms with Gasteiger partial charge in [-0.15, -0.1) is 0 Å². The summed E-state index contributed by atoms with van der Waals surface area (Å²) in [6.45, 7) is 6.38. The maximum atomic E-state index is 9.06. The zero-order valence-corrected chi connectivity index (χ0v) is 13.7. The van der Waals surface area contributed by atoms with Crippen molar-refractivity contribution < 1.29 is 4.74 Å². The molecule has 0 amide bonds. The van der Waals surface area contributed by atoms with Gasteiger partial charge in [0.25, 0.3) is 0 Å². The standard InChI is InChI=1S/C19H25N3O/c20-11-16-2-1-3-17(10-16)12-21-7-6-19-18(14-21)22(8-9-23-19)13-15-4-5-15/h1-3,10,15,18-19H,4-9,12-14H2/t18-,19-/m1/s1. The summed E-state index contributed by atoms with van der Waals surface area (Å²) < 4.78 is 6.04. The second kappa shape index (κ2) is 6.60. The Bertz CT molecular complexity index is 593. The molecule has 0 spiro atoms. The molecule has 0 unspecified atom stereocenters. The van der Waals surface area contributed by atoms with Crippen LogP contribution in [0.2, 0.25) is 0 Å². The molecule has 2 aliphatic heterocycles. The summed E-state index contributed by atoms with van der Waals surface area (Å²) in [6, 6.07) is 10.8. The fourth-order valence-corrected chi connectivity index (χ4v) is 4.01. The van der Waals surface area contributed by atoms with E-state index < -0.39 is 0 Å². The molecule has 0 radical (unpaired) electrons. The lowest BCUT2D eigenvalue weighted by atomic mass is 9.97. The van der Waals surface area contributed by atoms with Gasteiger partial charge in [0.2, 0.25) is 0 Å². The summed E-state index contributed by atoms with van der Waals surface area (Å²) >= 11 is 0. The Morgan fingerprint density at radius 2 is 2.13 bits per heavy atom. The van der Waals surface area contributed by atoms with Gasteiger partial charge in [0.15, 0.2) is 0 Å². The lowest BCUT2D eigenvalue weighted by Crippen LogP contribution is -2.60. The van der Waals surface area contributed by atoms with Crippen LogP contribution in [-0.2, 0) is 11.3 Å². The number of morpholine rings is 1. The zero-order valence-electron chi connectivity index (χ0n) is 13.7. The maximum Gasteiger partial charge on any atom is 0.0991 e. The lowest BCUT2D eigenvalue weighted by Gasteiger charge is -2.47. The molecule has 1 aliphatic carbocycles. The molecule has 0 aromatic heterocycles. The summed E-state index contributed by atoms with van der Waals surface area (Å²) in [7, 11) is 0. The molecule has 3 aliphatic rings. The van der Waals surface area contributed by atoms with Gasteiger partial charge in [-0.2, -0.15) is 5.26 Å². The summed E-state index contributed by atoms with van der Waals surface area (Å²) in [5, 5.41) is 9.06. The van der Waals surface area contributed by atoms with Crippen molar-refractivity contribution in [1.29, 1.82) is 5.26 Å². The van der Waals surface area contributed by atoms with Gasteiger partial charge in [0, 0.05) is 38.8 Å². The van der Waals surface area contributed by atoms with Crippen molar-refractivity contribution in [3.63, 3.8) is 0 Å².